The van der Waals surface area contributed by atoms with E-state index < -0.39 is 0 Å². The Kier molecular flexibility index (Phi) is 1.06. The zero-order valence-electron chi connectivity index (χ0n) is 5.79. The van der Waals surface area contributed by atoms with E-state index in [1.165, 1.54) is 0 Å². The molecule has 2 heterocycles. The summed E-state index contributed by atoms with van der Waals surface area (Å²) in [5, 5.41) is 6.96. The molecule has 0 amide bonds. The Balaban J connectivity index is 3.02. The van der Waals surface area contributed by atoms with Crippen molar-refractivity contribution in [3.63, 3.8) is 0 Å². The van der Waals surface area contributed by atoms with Crippen LogP contribution in [0.4, 0.5) is 0 Å². The highest BCUT2D eigenvalue weighted by Gasteiger charge is 2.03. The number of hydrogen-bond donors (Lipinski definition) is 1. The second-order valence-corrected chi connectivity index (χ2v) is 2.28. The minimum Gasteiger partial charge on any atom is -0.324 e. The standard InChI is InChI=1S/C6H5N3O2/c1-3-2-4-5(6(10)7-3)9-11-8-4/h2H,1H3,(H,7,10). The van der Waals surface area contributed by atoms with Crippen LogP contribution in [-0.2, 0) is 0 Å². The summed E-state index contributed by atoms with van der Waals surface area (Å²) in [5.74, 6) is 0. The van der Waals surface area contributed by atoms with Crippen LogP contribution in [0, 0.1) is 6.92 Å². The lowest BCUT2D eigenvalue weighted by Crippen LogP contribution is -2.06. The average Bonchev–Trinajstić information content (AvgIpc) is 2.34. The summed E-state index contributed by atoms with van der Waals surface area (Å²) in [7, 11) is 0. The first-order valence-electron chi connectivity index (χ1n) is 3.09. The van der Waals surface area contributed by atoms with Crippen LogP contribution in [0.2, 0.25) is 0 Å². The molecule has 2 aromatic rings. The molecule has 0 unspecified atom stereocenters. The quantitative estimate of drug-likeness (QED) is 0.584. The fraction of sp³-hybridized carbons (Fsp3) is 0.167. The van der Waals surface area contributed by atoms with Crippen LogP contribution in [0.1, 0.15) is 5.69 Å². The normalized spacial score (nSPS) is 10.6. The highest BCUT2D eigenvalue weighted by molar-refractivity contribution is 5.71. The van der Waals surface area contributed by atoms with E-state index in [4.69, 9.17) is 0 Å². The van der Waals surface area contributed by atoms with Gasteiger partial charge in [0.05, 0.1) is 0 Å². The minimum atomic E-state index is -0.263. The van der Waals surface area contributed by atoms with Crippen LogP contribution in [0.15, 0.2) is 15.5 Å². The maximum absolute atomic E-state index is 11.0. The van der Waals surface area contributed by atoms with Crippen molar-refractivity contribution in [2.75, 3.05) is 0 Å². The molecular formula is C6H5N3O2. The average molecular weight is 151 g/mol. The van der Waals surface area contributed by atoms with E-state index in [-0.39, 0.29) is 11.1 Å². The summed E-state index contributed by atoms with van der Waals surface area (Å²) in [6.45, 7) is 1.77. The molecule has 5 nitrogen and oxygen atoms in total. The van der Waals surface area contributed by atoms with Crippen LogP contribution in [-0.4, -0.2) is 15.3 Å². The maximum atomic E-state index is 11.0. The zero-order chi connectivity index (χ0) is 7.84. The number of aromatic amines is 1. The number of hydrogen-bond acceptors (Lipinski definition) is 4. The van der Waals surface area contributed by atoms with Crippen molar-refractivity contribution >= 4 is 11.0 Å². The number of rotatable bonds is 0. The Bertz CT molecular complexity index is 442. The van der Waals surface area contributed by atoms with Gasteiger partial charge in [0, 0.05) is 5.69 Å². The molecular weight excluding hydrogens is 146 g/mol. The van der Waals surface area contributed by atoms with Gasteiger partial charge < -0.3 is 4.98 Å². The molecule has 0 aliphatic rings. The maximum Gasteiger partial charge on any atom is 0.279 e. The van der Waals surface area contributed by atoms with Gasteiger partial charge in [0.15, 0.2) is 5.52 Å². The lowest BCUT2D eigenvalue weighted by molar-refractivity contribution is 0.315. The van der Waals surface area contributed by atoms with Crippen molar-refractivity contribution in [2.24, 2.45) is 0 Å². The molecule has 5 heteroatoms. The molecule has 0 aliphatic heterocycles. The highest BCUT2D eigenvalue weighted by atomic mass is 16.6. The molecule has 0 saturated carbocycles. The summed E-state index contributed by atoms with van der Waals surface area (Å²) in [6.07, 6.45) is 0. The predicted octanol–water partition coefficient (Wildman–Crippen LogP) is 0.220. The topological polar surface area (TPSA) is 71.8 Å². The van der Waals surface area contributed by atoms with E-state index in [1.54, 1.807) is 13.0 Å². The predicted molar refractivity (Wildman–Crippen MR) is 37.2 cm³/mol. The van der Waals surface area contributed by atoms with E-state index in [2.05, 4.69) is 19.9 Å². The Morgan fingerprint density at radius 2 is 2.36 bits per heavy atom. The minimum absolute atomic E-state index is 0.246. The number of nitrogens with one attached hydrogen (secondary N) is 1. The Morgan fingerprint density at radius 3 is 3.18 bits per heavy atom. The molecule has 0 fully saturated rings. The van der Waals surface area contributed by atoms with Crippen molar-refractivity contribution in [2.45, 2.75) is 6.92 Å². The fourth-order valence-electron chi connectivity index (χ4n) is 0.927. The largest absolute Gasteiger partial charge is 0.324 e. The van der Waals surface area contributed by atoms with Crippen LogP contribution in [0.25, 0.3) is 11.0 Å². The number of pyridine rings is 1. The second-order valence-electron chi connectivity index (χ2n) is 2.28. The van der Waals surface area contributed by atoms with Gasteiger partial charge in [-0.1, -0.05) is 0 Å². The number of fused-ring (bicyclic) bond motifs is 1. The van der Waals surface area contributed by atoms with E-state index in [9.17, 15) is 4.79 Å². The molecule has 0 radical (unpaired) electrons. The molecule has 0 atom stereocenters. The number of nitrogens with zero attached hydrogens (tertiary/aromatic N) is 2. The molecule has 56 valence electrons. The van der Waals surface area contributed by atoms with Crippen molar-refractivity contribution < 1.29 is 4.63 Å². The first-order valence-corrected chi connectivity index (χ1v) is 3.09. The first-order chi connectivity index (χ1) is 5.27. The molecule has 0 aromatic carbocycles. The molecule has 0 bridgehead atoms. The third kappa shape index (κ3) is 0.813. The van der Waals surface area contributed by atoms with Crippen LogP contribution >= 0.6 is 0 Å². The van der Waals surface area contributed by atoms with Crippen LogP contribution in [0.5, 0.6) is 0 Å². The van der Waals surface area contributed by atoms with Crippen molar-refractivity contribution in [3.05, 3.63) is 22.1 Å². The van der Waals surface area contributed by atoms with Crippen molar-refractivity contribution in [1.82, 2.24) is 15.3 Å². The molecule has 1 N–H and O–H groups in total. The monoisotopic (exact) mass is 151 g/mol. The smallest absolute Gasteiger partial charge is 0.279 e. The van der Waals surface area contributed by atoms with Crippen LogP contribution < -0.4 is 5.56 Å². The molecule has 2 rings (SSSR count). The lowest BCUT2D eigenvalue weighted by atomic mass is 10.3. The Labute approximate surface area is 61.0 Å². The first kappa shape index (κ1) is 6.09. The number of H-pyrrole nitrogens is 1. The third-order valence-corrected chi connectivity index (χ3v) is 1.39. The van der Waals surface area contributed by atoms with Gasteiger partial charge in [-0.25, -0.2) is 4.63 Å². The van der Waals surface area contributed by atoms with Gasteiger partial charge in [0.25, 0.3) is 5.56 Å². The van der Waals surface area contributed by atoms with Gasteiger partial charge in [-0.15, -0.1) is 0 Å². The zero-order valence-corrected chi connectivity index (χ0v) is 5.79. The van der Waals surface area contributed by atoms with Gasteiger partial charge in [-0.3, -0.25) is 4.79 Å². The Hall–Kier alpha value is -1.65. The summed E-state index contributed by atoms with van der Waals surface area (Å²) >= 11 is 0. The van der Waals surface area contributed by atoms with E-state index in [0.717, 1.165) is 5.69 Å². The van der Waals surface area contributed by atoms with Crippen LogP contribution in [0.3, 0.4) is 0 Å². The molecule has 0 saturated heterocycles. The third-order valence-electron chi connectivity index (χ3n) is 1.39. The van der Waals surface area contributed by atoms with Gasteiger partial charge in [-0.2, -0.15) is 0 Å². The SMILES string of the molecule is Cc1cc2nonc2c(=O)[nH]1. The second kappa shape index (κ2) is 1.91. The highest BCUT2D eigenvalue weighted by Crippen LogP contribution is 2.02. The van der Waals surface area contributed by atoms with E-state index >= 15 is 0 Å². The summed E-state index contributed by atoms with van der Waals surface area (Å²) in [4.78, 5) is 13.6. The molecule has 0 aliphatic carbocycles. The summed E-state index contributed by atoms with van der Waals surface area (Å²) in [6, 6.07) is 1.70. The van der Waals surface area contributed by atoms with Crippen molar-refractivity contribution in [1.29, 1.82) is 0 Å². The van der Waals surface area contributed by atoms with Crippen molar-refractivity contribution in [3.8, 4) is 0 Å². The lowest BCUT2D eigenvalue weighted by Gasteiger charge is -1.87. The molecule has 11 heavy (non-hydrogen) atoms. The van der Waals surface area contributed by atoms with Gasteiger partial charge in [-0.05, 0) is 23.3 Å². The summed E-state index contributed by atoms with van der Waals surface area (Å²) < 4.78 is 4.38. The Morgan fingerprint density at radius 1 is 1.55 bits per heavy atom. The summed E-state index contributed by atoms with van der Waals surface area (Å²) in [5.41, 5.74) is 1.22. The van der Waals surface area contributed by atoms with Gasteiger partial charge in [0.2, 0.25) is 0 Å². The van der Waals surface area contributed by atoms with E-state index in [0.29, 0.717) is 5.52 Å². The molecule has 2 aromatic heterocycles. The number of aryl methyl sites for hydroxylation is 1. The fourth-order valence-corrected chi connectivity index (χ4v) is 0.927. The van der Waals surface area contributed by atoms with Gasteiger partial charge >= 0.3 is 0 Å². The van der Waals surface area contributed by atoms with Gasteiger partial charge in [0.1, 0.15) is 5.52 Å². The van der Waals surface area contributed by atoms with E-state index in [1.807, 2.05) is 0 Å². The molecule has 0 spiro atoms. The number of aromatic nitrogens is 3.